The second-order valence-electron chi connectivity index (χ2n) is 4.49. The largest absolute Gasteiger partial charge is 0.396 e. The molecule has 0 fully saturated rings. The van der Waals surface area contributed by atoms with E-state index in [0.717, 1.165) is 9.35 Å². The van der Waals surface area contributed by atoms with Gasteiger partial charge in [0, 0.05) is 12.1 Å². The van der Waals surface area contributed by atoms with Crippen molar-refractivity contribution in [3.8, 4) is 0 Å². The van der Waals surface area contributed by atoms with E-state index in [-0.39, 0.29) is 10.8 Å². The minimum Gasteiger partial charge on any atom is -0.396 e. The summed E-state index contributed by atoms with van der Waals surface area (Å²) >= 11 is 4.49. The summed E-state index contributed by atoms with van der Waals surface area (Å²) in [5, 5.41) is 8.88. The van der Waals surface area contributed by atoms with Crippen molar-refractivity contribution in [1.82, 2.24) is 4.72 Å². The summed E-state index contributed by atoms with van der Waals surface area (Å²) in [5.41, 5.74) is 0.244. The number of aliphatic hydroxyl groups is 1. The SMILES string of the molecule is Cc1cc(S(=O)(=O)NC(C)(C)CCO)sc1Br. The fourth-order valence-corrected chi connectivity index (χ4v) is 4.98. The van der Waals surface area contributed by atoms with Crippen molar-refractivity contribution in [2.75, 3.05) is 6.61 Å². The molecule has 0 aliphatic carbocycles. The summed E-state index contributed by atoms with van der Waals surface area (Å²) in [4.78, 5) is 0. The van der Waals surface area contributed by atoms with Crippen LogP contribution in [0.5, 0.6) is 0 Å². The number of sulfonamides is 1. The van der Waals surface area contributed by atoms with Crippen LogP contribution in [0.4, 0.5) is 0 Å². The van der Waals surface area contributed by atoms with E-state index >= 15 is 0 Å². The van der Waals surface area contributed by atoms with Crippen molar-refractivity contribution >= 4 is 37.3 Å². The minimum absolute atomic E-state index is 0.0529. The van der Waals surface area contributed by atoms with Gasteiger partial charge in [-0.1, -0.05) is 0 Å². The predicted octanol–water partition coefficient (Wildman–Crippen LogP) is 2.26. The average molecular weight is 342 g/mol. The zero-order chi connectivity index (χ0) is 13.3. The van der Waals surface area contributed by atoms with Crippen molar-refractivity contribution in [1.29, 1.82) is 0 Å². The van der Waals surface area contributed by atoms with Crippen LogP contribution in [0.3, 0.4) is 0 Å². The van der Waals surface area contributed by atoms with Gasteiger partial charge in [-0.25, -0.2) is 13.1 Å². The molecule has 2 N–H and O–H groups in total. The molecule has 0 atom stereocenters. The first-order valence-corrected chi connectivity index (χ1v) is 8.18. The molecule has 0 spiro atoms. The average Bonchev–Trinajstić information content (AvgIpc) is 2.45. The van der Waals surface area contributed by atoms with Gasteiger partial charge >= 0.3 is 0 Å². The molecule has 1 heterocycles. The van der Waals surface area contributed by atoms with Crippen molar-refractivity contribution in [2.45, 2.75) is 36.9 Å². The van der Waals surface area contributed by atoms with E-state index in [2.05, 4.69) is 20.7 Å². The third-order valence-electron chi connectivity index (χ3n) is 2.25. The molecule has 1 rings (SSSR count). The molecule has 0 amide bonds. The smallest absolute Gasteiger partial charge is 0.250 e. The zero-order valence-corrected chi connectivity index (χ0v) is 13.2. The third kappa shape index (κ3) is 4.03. The highest BCUT2D eigenvalue weighted by Gasteiger charge is 2.27. The highest BCUT2D eigenvalue weighted by Crippen LogP contribution is 2.31. The fraction of sp³-hybridized carbons (Fsp3) is 0.600. The Balaban J connectivity index is 2.97. The van der Waals surface area contributed by atoms with Crippen molar-refractivity contribution in [2.24, 2.45) is 0 Å². The van der Waals surface area contributed by atoms with Crippen LogP contribution in [-0.4, -0.2) is 25.7 Å². The zero-order valence-electron chi connectivity index (χ0n) is 9.95. The number of halogens is 1. The van der Waals surface area contributed by atoms with Gasteiger partial charge in [0.05, 0.1) is 3.79 Å². The quantitative estimate of drug-likeness (QED) is 0.863. The molecular weight excluding hydrogens is 326 g/mol. The van der Waals surface area contributed by atoms with Gasteiger partial charge in [0.1, 0.15) is 4.21 Å². The number of thiophene rings is 1. The van der Waals surface area contributed by atoms with Crippen LogP contribution in [0.25, 0.3) is 0 Å². The Morgan fingerprint density at radius 1 is 1.53 bits per heavy atom. The molecule has 0 aliphatic rings. The molecule has 17 heavy (non-hydrogen) atoms. The molecule has 98 valence electrons. The van der Waals surface area contributed by atoms with E-state index in [1.165, 1.54) is 11.3 Å². The summed E-state index contributed by atoms with van der Waals surface area (Å²) in [6.45, 7) is 5.29. The Morgan fingerprint density at radius 2 is 2.12 bits per heavy atom. The van der Waals surface area contributed by atoms with Gasteiger partial charge < -0.3 is 5.11 Å². The van der Waals surface area contributed by atoms with Crippen LogP contribution >= 0.6 is 27.3 Å². The normalized spacial score (nSPS) is 13.0. The lowest BCUT2D eigenvalue weighted by Crippen LogP contribution is -2.43. The standard InChI is InChI=1S/C10H16BrNO3S2/c1-7-6-8(16-9(7)11)17(14,15)12-10(2,3)4-5-13/h6,12-13H,4-5H2,1-3H3. The molecule has 1 aromatic rings. The number of hydrogen-bond acceptors (Lipinski definition) is 4. The van der Waals surface area contributed by atoms with Crippen LogP contribution in [0.1, 0.15) is 25.8 Å². The summed E-state index contributed by atoms with van der Waals surface area (Å²) < 4.78 is 27.9. The highest BCUT2D eigenvalue weighted by molar-refractivity contribution is 9.11. The number of nitrogens with one attached hydrogen (secondary N) is 1. The Labute approximate surface area is 114 Å². The molecule has 0 aromatic carbocycles. The van der Waals surface area contributed by atoms with Gasteiger partial charge in [-0.3, -0.25) is 0 Å². The lowest BCUT2D eigenvalue weighted by Gasteiger charge is -2.24. The van der Waals surface area contributed by atoms with E-state index < -0.39 is 15.6 Å². The molecule has 4 nitrogen and oxygen atoms in total. The number of rotatable bonds is 5. The number of aliphatic hydroxyl groups excluding tert-OH is 1. The molecule has 0 saturated heterocycles. The van der Waals surface area contributed by atoms with Crippen LogP contribution < -0.4 is 4.72 Å². The summed E-state index contributed by atoms with van der Waals surface area (Å²) in [6, 6.07) is 1.63. The van der Waals surface area contributed by atoms with E-state index in [1.54, 1.807) is 19.9 Å². The molecule has 7 heteroatoms. The Bertz CT molecular complexity index is 474. The fourth-order valence-electron chi connectivity index (χ4n) is 1.31. The Kier molecular flexibility index (Phi) is 4.76. The molecule has 0 aliphatic heterocycles. The summed E-state index contributed by atoms with van der Waals surface area (Å²) in [7, 11) is -3.51. The van der Waals surface area contributed by atoms with Gasteiger partial charge in [0.15, 0.2) is 0 Å². The van der Waals surface area contributed by atoms with Gasteiger partial charge in [-0.05, 0) is 54.8 Å². The molecule has 0 unspecified atom stereocenters. The highest BCUT2D eigenvalue weighted by atomic mass is 79.9. The van der Waals surface area contributed by atoms with Gasteiger partial charge in [0.2, 0.25) is 0 Å². The van der Waals surface area contributed by atoms with Gasteiger partial charge in [-0.2, -0.15) is 0 Å². The Hall–Kier alpha value is 0.0500. The lowest BCUT2D eigenvalue weighted by atomic mass is 10.0. The first-order chi connectivity index (χ1) is 7.68. The van der Waals surface area contributed by atoms with Gasteiger partial charge in [0.25, 0.3) is 10.0 Å². The molecule has 0 radical (unpaired) electrons. The van der Waals surface area contributed by atoms with Crippen LogP contribution in [0.15, 0.2) is 14.1 Å². The van der Waals surface area contributed by atoms with E-state index in [0.29, 0.717) is 6.42 Å². The maximum absolute atomic E-state index is 12.1. The van der Waals surface area contributed by atoms with Gasteiger partial charge in [-0.15, -0.1) is 11.3 Å². The monoisotopic (exact) mass is 341 g/mol. The minimum atomic E-state index is -3.51. The van der Waals surface area contributed by atoms with E-state index in [1.807, 2.05) is 6.92 Å². The third-order valence-corrected chi connectivity index (χ3v) is 6.56. The summed E-state index contributed by atoms with van der Waals surface area (Å²) in [6.07, 6.45) is 0.373. The van der Waals surface area contributed by atoms with Crippen molar-refractivity contribution in [3.05, 3.63) is 15.4 Å². The van der Waals surface area contributed by atoms with E-state index in [4.69, 9.17) is 5.11 Å². The van der Waals surface area contributed by atoms with Crippen molar-refractivity contribution < 1.29 is 13.5 Å². The molecule has 0 bridgehead atoms. The first kappa shape index (κ1) is 15.1. The maximum Gasteiger partial charge on any atom is 0.250 e. The molecule has 0 saturated carbocycles. The van der Waals surface area contributed by atoms with E-state index in [9.17, 15) is 8.42 Å². The molecule has 1 aromatic heterocycles. The first-order valence-electron chi connectivity index (χ1n) is 5.09. The van der Waals surface area contributed by atoms with Crippen LogP contribution in [-0.2, 0) is 10.0 Å². The number of aryl methyl sites for hydroxylation is 1. The second kappa shape index (κ2) is 5.36. The molecular formula is C10H16BrNO3S2. The second-order valence-corrected chi connectivity index (χ2v) is 8.76. The van der Waals surface area contributed by atoms with Crippen LogP contribution in [0.2, 0.25) is 0 Å². The maximum atomic E-state index is 12.1. The Morgan fingerprint density at radius 3 is 2.53 bits per heavy atom. The predicted molar refractivity (Wildman–Crippen MR) is 72.9 cm³/mol. The lowest BCUT2D eigenvalue weighted by molar-refractivity contribution is 0.246. The van der Waals surface area contributed by atoms with Crippen LogP contribution in [0, 0.1) is 6.92 Å². The number of hydrogen-bond donors (Lipinski definition) is 2. The topological polar surface area (TPSA) is 66.4 Å². The summed E-state index contributed by atoms with van der Waals surface area (Å²) in [5.74, 6) is 0. The van der Waals surface area contributed by atoms with Crippen molar-refractivity contribution in [3.63, 3.8) is 0 Å².